The van der Waals surface area contributed by atoms with E-state index in [2.05, 4.69) is 0 Å². The van der Waals surface area contributed by atoms with Crippen LogP contribution in [0.2, 0.25) is 0 Å². The Morgan fingerprint density at radius 1 is 1.32 bits per heavy atom. The highest BCUT2D eigenvalue weighted by Gasteiger charge is 2.19. The fourth-order valence-corrected chi connectivity index (χ4v) is 1.34. The minimum atomic E-state index is -1.31. The lowest BCUT2D eigenvalue weighted by Gasteiger charge is -2.05. The Morgan fingerprint density at radius 3 is 2.42 bits per heavy atom. The highest BCUT2D eigenvalue weighted by atomic mass is 16.6. The summed E-state index contributed by atoms with van der Waals surface area (Å²) < 4.78 is 0. The van der Waals surface area contributed by atoms with Gasteiger partial charge < -0.3 is 10.0 Å². The zero-order chi connectivity index (χ0) is 14.6. The molecule has 7 heteroatoms. The summed E-state index contributed by atoms with van der Waals surface area (Å²) in [6, 6.07) is 3.07. The predicted molar refractivity (Wildman–Crippen MR) is 67.2 cm³/mol. The molecule has 19 heavy (non-hydrogen) atoms. The number of hydrogen-bond acceptors (Lipinski definition) is 5. The Labute approximate surface area is 108 Å². The highest BCUT2D eigenvalue weighted by molar-refractivity contribution is 6.11. The zero-order valence-corrected chi connectivity index (χ0v) is 10.4. The molecule has 0 heterocycles. The number of carboxylic acid groups (broad SMARTS) is 1. The number of ketones is 1. The smallest absolute Gasteiger partial charge is 0.336 e. The van der Waals surface area contributed by atoms with Crippen LogP contribution in [0.3, 0.4) is 0 Å². The molecule has 0 spiro atoms. The van der Waals surface area contributed by atoms with E-state index in [9.17, 15) is 19.7 Å². The van der Waals surface area contributed by atoms with E-state index >= 15 is 0 Å². The molecule has 0 radical (unpaired) electrons. The Hall–Kier alpha value is -2.70. The van der Waals surface area contributed by atoms with Gasteiger partial charge in [-0.15, -0.1) is 0 Å². The first-order valence-electron chi connectivity index (χ1n) is 5.23. The van der Waals surface area contributed by atoms with E-state index in [1.54, 1.807) is 19.0 Å². The Kier molecular flexibility index (Phi) is 4.36. The molecule has 0 aliphatic rings. The third-order valence-corrected chi connectivity index (χ3v) is 2.23. The molecule has 1 N–H and O–H groups in total. The van der Waals surface area contributed by atoms with E-state index in [1.165, 1.54) is 6.20 Å². The third-order valence-electron chi connectivity index (χ3n) is 2.23. The number of allylic oxidation sites excluding steroid dienone is 1. The van der Waals surface area contributed by atoms with Crippen LogP contribution in [0.1, 0.15) is 20.7 Å². The maximum Gasteiger partial charge on any atom is 0.336 e. The first kappa shape index (κ1) is 14.4. The summed E-state index contributed by atoms with van der Waals surface area (Å²) >= 11 is 0. The first-order valence-corrected chi connectivity index (χ1v) is 5.23. The van der Waals surface area contributed by atoms with Gasteiger partial charge in [-0.3, -0.25) is 14.9 Å². The van der Waals surface area contributed by atoms with Crippen molar-refractivity contribution in [3.05, 3.63) is 51.7 Å². The van der Waals surface area contributed by atoms with Crippen LogP contribution in [-0.2, 0) is 0 Å². The van der Waals surface area contributed by atoms with Crippen molar-refractivity contribution < 1.29 is 19.6 Å². The number of nitro benzene ring substituents is 1. The van der Waals surface area contributed by atoms with Crippen LogP contribution in [0, 0.1) is 10.1 Å². The van der Waals surface area contributed by atoms with E-state index in [-0.39, 0.29) is 16.8 Å². The van der Waals surface area contributed by atoms with Gasteiger partial charge in [-0.2, -0.15) is 0 Å². The zero-order valence-electron chi connectivity index (χ0n) is 10.4. The number of aromatic carboxylic acids is 1. The van der Waals surface area contributed by atoms with E-state index < -0.39 is 16.7 Å². The van der Waals surface area contributed by atoms with Gasteiger partial charge in [-0.25, -0.2) is 4.79 Å². The molecular weight excluding hydrogens is 252 g/mol. The quantitative estimate of drug-likeness (QED) is 0.375. The van der Waals surface area contributed by atoms with Crippen LogP contribution in [0.5, 0.6) is 0 Å². The van der Waals surface area contributed by atoms with E-state index in [4.69, 9.17) is 5.11 Å². The van der Waals surface area contributed by atoms with Gasteiger partial charge in [0, 0.05) is 44.1 Å². The molecule has 0 saturated heterocycles. The van der Waals surface area contributed by atoms with Crippen molar-refractivity contribution in [2.24, 2.45) is 0 Å². The predicted octanol–water partition coefficient (Wildman–Crippen LogP) is 1.55. The van der Waals surface area contributed by atoms with Gasteiger partial charge >= 0.3 is 5.97 Å². The number of benzene rings is 1. The van der Waals surface area contributed by atoms with Gasteiger partial charge in [0.05, 0.1) is 10.5 Å². The average Bonchev–Trinajstić information content (AvgIpc) is 2.34. The van der Waals surface area contributed by atoms with Crippen molar-refractivity contribution in [2.75, 3.05) is 14.1 Å². The molecular formula is C12H12N2O5. The average molecular weight is 264 g/mol. The monoisotopic (exact) mass is 264 g/mol. The lowest BCUT2D eigenvalue weighted by atomic mass is 10.0. The second kappa shape index (κ2) is 5.76. The Balaban J connectivity index is 3.28. The number of carbonyl (C=O) groups excluding carboxylic acids is 1. The largest absolute Gasteiger partial charge is 0.478 e. The lowest BCUT2D eigenvalue weighted by Crippen LogP contribution is -2.09. The number of carbonyl (C=O) groups is 2. The fourth-order valence-electron chi connectivity index (χ4n) is 1.34. The molecule has 0 amide bonds. The van der Waals surface area contributed by atoms with Crippen molar-refractivity contribution in [3.63, 3.8) is 0 Å². The number of carboxylic acids is 1. The van der Waals surface area contributed by atoms with Crippen LogP contribution < -0.4 is 0 Å². The standard InChI is InChI=1S/C12H12N2O5/c1-13(2)6-5-11(15)10-7-8(14(18)19)3-4-9(10)12(16)17/h3-7H,1-2H3,(H,16,17)/b6-5+. The van der Waals surface area contributed by atoms with Gasteiger partial charge in [0.25, 0.3) is 5.69 Å². The van der Waals surface area contributed by atoms with Gasteiger partial charge in [0.2, 0.25) is 0 Å². The summed E-state index contributed by atoms with van der Waals surface area (Å²) in [6.45, 7) is 0. The number of hydrogen-bond donors (Lipinski definition) is 1. The topological polar surface area (TPSA) is 101 Å². The maximum absolute atomic E-state index is 11.8. The highest BCUT2D eigenvalue weighted by Crippen LogP contribution is 2.19. The second-order valence-corrected chi connectivity index (χ2v) is 3.94. The summed E-state index contributed by atoms with van der Waals surface area (Å²) in [7, 11) is 3.38. The van der Waals surface area contributed by atoms with Crippen LogP contribution in [0.25, 0.3) is 0 Å². The first-order chi connectivity index (χ1) is 8.82. The summed E-state index contributed by atoms with van der Waals surface area (Å²) in [6.07, 6.45) is 2.60. The second-order valence-electron chi connectivity index (χ2n) is 3.94. The summed E-state index contributed by atoms with van der Waals surface area (Å²) in [5.41, 5.74) is -0.801. The third kappa shape index (κ3) is 3.63. The molecule has 0 fully saturated rings. The van der Waals surface area contributed by atoms with Crippen molar-refractivity contribution in [1.29, 1.82) is 0 Å². The van der Waals surface area contributed by atoms with Gasteiger partial charge in [0.15, 0.2) is 5.78 Å². The molecule has 0 unspecified atom stereocenters. The van der Waals surface area contributed by atoms with Crippen LogP contribution in [-0.4, -0.2) is 40.8 Å². The molecule has 1 aromatic carbocycles. The minimum Gasteiger partial charge on any atom is -0.478 e. The maximum atomic E-state index is 11.8. The number of nitro groups is 1. The normalized spacial score (nSPS) is 10.4. The van der Waals surface area contributed by atoms with Gasteiger partial charge in [0.1, 0.15) is 0 Å². The molecule has 0 aromatic heterocycles. The summed E-state index contributed by atoms with van der Waals surface area (Å²) in [5.74, 6) is -1.91. The minimum absolute atomic E-state index is 0.209. The molecule has 0 atom stereocenters. The Bertz CT molecular complexity index is 563. The van der Waals surface area contributed by atoms with E-state index in [0.29, 0.717) is 0 Å². The molecule has 1 rings (SSSR count). The van der Waals surface area contributed by atoms with Crippen LogP contribution in [0.15, 0.2) is 30.5 Å². The molecule has 0 aliphatic carbocycles. The fraction of sp³-hybridized carbons (Fsp3) is 0.167. The van der Waals surface area contributed by atoms with Crippen LogP contribution >= 0.6 is 0 Å². The SMILES string of the molecule is CN(C)/C=C/C(=O)c1cc([N+](=O)[O-])ccc1C(=O)O. The van der Waals surface area contributed by atoms with Gasteiger partial charge in [-0.05, 0) is 6.07 Å². The molecule has 0 aliphatic heterocycles. The molecule has 0 saturated carbocycles. The van der Waals surface area contributed by atoms with Crippen LogP contribution in [0.4, 0.5) is 5.69 Å². The molecule has 0 bridgehead atoms. The number of rotatable bonds is 5. The number of nitrogens with zero attached hydrogens (tertiary/aromatic N) is 2. The summed E-state index contributed by atoms with van der Waals surface area (Å²) in [5, 5.41) is 19.6. The molecule has 7 nitrogen and oxygen atoms in total. The van der Waals surface area contributed by atoms with Crippen molar-refractivity contribution >= 4 is 17.4 Å². The van der Waals surface area contributed by atoms with Crippen molar-refractivity contribution in [3.8, 4) is 0 Å². The van der Waals surface area contributed by atoms with Crippen molar-refractivity contribution in [1.82, 2.24) is 4.90 Å². The number of non-ortho nitro benzene ring substituents is 1. The van der Waals surface area contributed by atoms with E-state index in [0.717, 1.165) is 24.3 Å². The van der Waals surface area contributed by atoms with E-state index in [1.807, 2.05) is 0 Å². The molecule has 1 aromatic rings. The summed E-state index contributed by atoms with van der Waals surface area (Å²) in [4.78, 5) is 34.4. The van der Waals surface area contributed by atoms with Crippen molar-refractivity contribution in [2.45, 2.75) is 0 Å². The lowest BCUT2D eigenvalue weighted by molar-refractivity contribution is -0.384. The van der Waals surface area contributed by atoms with Gasteiger partial charge in [-0.1, -0.05) is 0 Å². The Morgan fingerprint density at radius 2 is 1.95 bits per heavy atom. The molecule has 100 valence electrons.